The lowest BCUT2D eigenvalue weighted by Crippen LogP contribution is -2.26. The van der Waals surface area contributed by atoms with Gasteiger partial charge in [-0.05, 0) is 36.6 Å². The maximum atomic E-state index is 10.1. The summed E-state index contributed by atoms with van der Waals surface area (Å²) < 4.78 is 5.73. The maximum absolute atomic E-state index is 10.1. The van der Waals surface area contributed by atoms with E-state index in [9.17, 15) is 5.11 Å². The molecule has 2 aromatic rings. The lowest BCUT2D eigenvalue weighted by Gasteiger charge is -2.16. The van der Waals surface area contributed by atoms with E-state index in [2.05, 4.69) is 11.9 Å². The van der Waals surface area contributed by atoms with E-state index in [0.717, 1.165) is 29.0 Å². The Kier molecular flexibility index (Phi) is 6.04. The van der Waals surface area contributed by atoms with Gasteiger partial charge >= 0.3 is 0 Å². The number of aliphatic hydroxyl groups excluding tert-OH is 1. The van der Waals surface area contributed by atoms with Crippen LogP contribution in [0.4, 0.5) is 5.69 Å². The van der Waals surface area contributed by atoms with Gasteiger partial charge in [0.2, 0.25) is 0 Å². The minimum atomic E-state index is -0.573. The Morgan fingerprint density at radius 1 is 1.18 bits per heavy atom. The van der Waals surface area contributed by atoms with Crippen molar-refractivity contribution in [3.8, 4) is 5.75 Å². The number of anilines is 1. The third kappa shape index (κ3) is 4.64. The largest absolute Gasteiger partial charge is 0.491 e. The molecule has 2 rings (SSSR count). The van der Waals surface area contributed by atoms with Gasteiger partial charge in [0, 0.05) is 12.2 Å². The van der Waals surface area contributed by atoms with Crippen molar-refractivity contribution in [3.63, 3.8) is 0 Å². The number of aliphatic hydroxyl groups is 1. The van der Waals surface area contributed by atoms with E-state index < -0.39 is 6.10 Å². The van der Waals surface area contributed by atoms with Crippen molar-refractivity contribution in [1.29, 1.82) is 0 Å². The topological polar surface area (TPSA) is 41.5 Å². The van der Waals surface area contributed by atoms with Gasteiger partial charge in [0.25, 0.3) is 0 Å². The molecule has 0 saturated heterocycles. The van der Waals surface area contributed by atoms with E-state index in [-0.39, 0.29) is 6.61 Å². The number of para-hydroxylation sites is 2. The Labute approximate surface area is 132 Å². The van der Waals surface area contributed by atoms with Crippen LogP contribution in [0, 0.1) is 6.92 Å². The van der Waals surface area contributed by atoms with Gasteiger partial charge in [-0.3, -0.25) is 0 Å². The fraction of sp³-hybridized carbons (Fsp3) is 0.263. The van der Waals surface area contributed by atoms with Gasteiger partial charge in [0.15, 0.2) is 0 Å². The van der Waals surface area contributed by atoms with Crippen molar-refractivity contribution in [2.45, 2.75) is 19.4 Å². The molecular formula is C19H23NO2. The molecule has 0 aliphatic rings. The minimum Gasteiger partial charge on any atom is -0.491 e. The summed E-state index contributed by atoms with van der Waals surface area (Å²) in [5.74, 6) is 0.803. The molecule has 2 N–H and O–H groups in total. The highest BCUT2D eigenvalue weighted by Gasteiger charge is 2.08. The van der Waals surface area contributed by atoms with Crippen molar-refractivity contribution in [2.24, 2.45) is 0 Å². The SMILES string of the molecule is C=CCc1ccccc1OCC(O)CNc1ccccc1C. The number of rotatable bonds is 8. The van der Waals surface area contributed by atoms with Gasteiger partial charge in [0.05, 0.1) is 0 Å². The standard InChI is InChI=1S/C19H23NO2/c1-3-8-16-10-5-7-12-19(16)22-14-17(21)13-20-18-11-6-4-9-15(18)2/h3-7,9-12,17,20-21H,1,8,13-14H2,2H3. The van der Waals surface area contributed by atoms with Crippen molar-refractivity contribution >= 4 is 5.69 Å². The van der Waals surface area contributed by atoms with E-state index in [0.29, 0.717) is 6.54 Å². The monoisotopic (exact) mass is 297 g/mol. The summed E-state index contributed by atoms with van der Waals surface area (Å²) in [5.41, 5.74) is 3.28. The van der Waals surface area contributed by atoms with Gasteiger partial charge in [-0.2, -0.15) is 0 Å². The number of benzene rings is 2. The third-order valence-electron chi connectivity index (χ3n) is 3.44. The zero-order valence-electron chi connectivity index (χ0n) is 13.0. The first-order valence-corrected chi connectivity index (χ1v) is 7.50. The average Bonchev–Trinajstić information content (AvgIpc) is 2.53. The number of hydrogen-bond acceptors (Lipinski definition) is 3. The zero-order valence-corrected chi connectivity index (χ0v) is 13.0. The molecule has 0 aromatic heterocycles. The van der Waals surface area contributed by atoms with Gasteiger partial charge in [-0.25, -0.2) is 0 Å². The fourth-order valence-electron chi connectivity index (χ4n) is 2.21. The fourth-order valence-corrected chi connectivity index (χ4v) is 2.21. The predicted octanol–water partition coefficient (Wildman–Crippen LogP) is 3.58. The van der Waals surface area contributed by atoms with E-state index in [1.807, 2.05) is 61.5 Å². The van der Waals surface area contributed by atoms with Crippen LogP contribution < -0.4 is 10.1 Å². The van der Waals surface area contributed by atoms with Crippen LogP contribution in [0.1, 0.15) is 11.1 Å². The molecule has 0 heterocycles. The smallest absolute Gasteiger partial charge is 0.122 e. The lowest BCUT2D eigenvalue weighted by atomic mass is 10.1. The number of aryl methyl sites for hydroxylation is 1. The Morgan fingerprint density at radius 2 is 1.91 bits per heavy atom. The summed E-state index contributed by atoms with van der Waals surface area (Å²) in [6, 6.07) is 15.8. The number of hydrogen-bond donors (Lipinski definition) is 2. The molecule has 2 aromatic carbocycles. The van der Waals surface area contributed by atoms with Crippen LogP contribution in [0.3, 0.4) is 0 Å². The first kappa shape index (κ1) is 16.1. The second-order valence-corrected chi connectivity index (χ2v) is 5.26. The molecule has 0 spiro atoms. The molecule has 0 aliphatic carbocycles. The predicted molar refractivity (Wildman–Crippen MR) is 91.5 cm³/mol. The summed E-state index contributed by atoms with van der Waals surface area (Å²) in [5, 5.41) is 13.3. The van der Waals surface area contributed by atoms with E-state index >= 15 is 0 Å². The van der Waals surface area contributed by atoms with Crippen LogP contribution >= 0.6 is 0 Å². The van der Waals surface area contributed by atoms with Gasteiger partial charge in [-0.1, -0.05) is 42.5 Å². The molecule has 1 unspecified atom stereocenters. The summed E-state index contributed by atoms with van der Waals surface area (Å²) in [7, 11) is 0. The molecule has 1 atom stereocenters. The highest BCUT2D eigenvalue weighted by Crippen LogP contribution is 2.19. The van der Waals surface area contributed by atoms with Crippen molar-refractivity contribution in [1.82, 2.24) is 0 Å². The van der Waals surface area contributed by atoms with Gasteiger partial charge < -0.3 is 15.2 Å². The molecule has 0 radical (unpaired) electrons. The third-order valence-corrected chi connectivity index (χ3v) is 3.44. The van der Waals surface area contributed by atoms with Crippen LogP contribution in [0.15, 0.2) is 61.2 Å². The number of nitrogens with one attached hydrogen (secondary N) is 1. The molecule has 22 heavy (non-hydrogen) atoms. The number of allylic oxidation sites excluding steroid dienone is 1. The highest BCUT2D eigenvalue weighted by molar-refractivity contribution is 5.50. The van der Waals surface area contributed by atoms with E-state index in [1.165, 1.54) is 0 Å². The van der Waals surface area contributed by atoms with Crippen LogP contribution in [0.25, 0.3) is 0 Å². The molecule has 0 amide bonds. The maximum Gasteiger partial charge on any atom is 0.122 e. The van der Waals surface area contributed by atoms with E-state index in [4.69, 9.17) is 4.74 Å². The van der Waals surface area contributed by atoms with E-state index in [1.54, 1.807) is 0 Å². The van der Waals surface area contributed by atoms with Crippen LogP contribution in [0.5, 0.6) is 5.75 Å². The van der Waals surface area contributed by atoms with Gasteiger partial charge in [0.1, 0.15) is 18.5 Å². The molecule has 3 heteroatoms. The molecule has 0 bridgehead atoms. The molecule has 0 aliphatic heterocycles. The average molecular weight is 297 g/mol. The normalized spacial score (nSPS) is 11.7. The highest BCUT2D eigenvalue weighted by atomic mass is 16.5. The second kappa shape index (κ2) is 8.25. The summed E-state index contributed by atoms with van der Waals surface area (Å²) in [6.07, 6.45) is 2.03. The molecule has 3 nitrogen and oxygen atoms in total. The Morgan fingerprint density at radius 3 is 2.68 bits per heavy atom. The molecule has 116 valence electrons. The molecular weight excluding hydrogens is 274 g/mol. The van der Waals surface area contributed by atoms with Crippen molar-refractivity contribution in [3.05, 3.63) is 72.3 Å². The Bertz CT molecular complexity index is 610. The van der Waals surface area contributed by atoms with Crippen LogP contribution in [-0.4, -0.2) is 24.4 Å². The molecule has 0 fully saturated rings. The first-order chi connectivity index (χ1) is 10.7. The van der Waals surface area contributed by atoms with Gasteiger partial charge in [-0.15, -0.1) is 6.58 Å². The summed E-state index contributed by atoms with van der Waals surface area (Å²) in [6.45, 7) is 6.50. The quantitative estimate of drug-likeness (QED) is 0.732. The van der Waals surface area contributed by atoms with Crippen LogP contribution in [0.2, 0.25) is 0 Å². The minimum absolute atomic E-state index is 0.257. The lowest BCUT2D eigenvalue weighted by molar-refractivity contribution is 0.117. The summed E-state index contributed by atoms with van der Waals surface area (Å²) in [4.78, 5) is 0. The zero-order chi connectivity index (χ0) is 15.8. The van der Waals surface area contributed by atoms with Crippen molar-refractivity contribution < 1.29 is 9.84 Å². The second-order valence-electron chi connectivity index (χ2n) is 5.26. The molecule has 0 saturated carbocycles. The summed E-state index contributed by atoms with van der Waals surface area (Å²) >= 11 is 0. The first-order valence-electron chi connectivity index (χ1n) is 7.50. The Balaban J connectivity index is 1.84. The van der Waals surface area contributed by atoms with Crippen molar-refractivity contribution in [2.75, 3.05) is 18.5 Å². The number of ether oxygens (including phenoxy) is 1. The Hall–Kier alpha value is -2.26. The van der Waals surface area contributed by atoms with Crippen LogP contribution in [-0.2, 0) is 6.42 Å².